The highest BCUT2D eigenvalue weighted by molar-refractivity contribution is 7.89. The second-order valence-electron chi connectivity index (χ2n) is 9.30. The van der Waals surface area contributed by atoms with Gasteiger partial charge in [0.05, 0.1) is 19.8 Å². The fraction of sp³-hybridized carbons (Fsp3) is 0.333. The van der Waals surface area contributed by atoms with Crippen LogP contribution < -0.4 is 15.4 Å². The highest BCUT2D eigenvalue weighted by Gasteiger charge is 2.43. The maximum absolute atomic E-state index is 13.7. The van der Waals surface area contributed by atoms with Crippen molar-refractivity contribution >= 4 is 33.6 Å². The second kappa shape index (κ2) is 12.4. The van der Waals surface area contributed by atoms with Gasteiger partial charge in [0.2, 0.25) is 15.9 Å². The van der Waals surface area contributed by atoms with Gasteiger partial charge in [-0.1, -0.05) is 17.3 Å². The number of hydrogen-bond acceptors (Lipinski definition) is 9. The van der Waals surface area contributed by atoms with Crippen molar-refractivity contribution in [1.29, 1.82) is 0 Å². The van der Waals surface area contributed by atoms with Crippen LogP contribution in [0.15, 0.2) is 57.9 Å². The zero-order valence-corrected chi connectivity index (χ0v) is 23.9. The minimum atomic E-state index is -4.20. The summed E-state index contributed by atoms with van der Waals surface area (Å²) in [4.78, 5) is 39.6. The molecule has 1 fully saturated rings. The molecule has 0 bridgehead atoms. The first-order valence-electron chi connectivity index (χ1n) is 12.6. The minimum absolute atomic E-state index is 0.0222. The van der Waals surface area contributed by atoms with E-state index in [2.05, 4.69) is 20.5 Å². The Morgan fingerprint density at radius 3 is 2.44 bits per heavy atom. The molecule has 2 heterocycles. The molecule has 4 rings (SSSR count). The number of piperazine rings is 1. The number of carbonyl (C=O) groups excluding carboxylic acids is 3. The van der Waals surface area contributed by atoms with E-state index < -0.39 is 34.0 Å². The number of hydrogen-bond donors (Lipinski definition) is 2. The largest absolute Gasteiger partial charge is 0.497 e. The number of ether oxygens (including phenoxy) is 2. The van der Waals surface area contributed by atoms with Gasteiger partial charge in [0, 0.05) is 31.9 Å². The molecule has 1 unspecified atom stereocenters. The molecule has 3 amide bonds. The lowest BCUT2D eigenvalue weighted by atomic mass is 10.1. The summed E-state index contributed by atoms with van der Waals surface area (Å²) in [5.41, 5.74) is 1.65. The zero-order chi connectivity index (χ0) is 29.7. The minimum Gasteiger partial charge on any atom is -0.497 e. The van der Waals surface area contributed by atoms with E-state index in [1.165, 1.54) is 45.1 Å². The summed E-state index contributed by atoms with van der Waals surface area (Å²) < 4.78 is 43.5. The Morgan fingerprint density at radius 1 is 1.07 bits per heavy atom. The van der Waals surface area contributed by atoms with Gasteiger partial charge in [-0.3, -0.25) is 4.79 Å². The molecule has 0 spiro atoms. The van der Waals surface area contributed by atoms with Crippen molar-refractivity contribution in [3.63, 3.8) is 0 Å². The van der Waals surface area contributed by atoms with Crippen molar-refractivity contribution < 1.29 is 36.8 Å². The predicted octanol–water partition coefficient (Wildman–Crippen LogP) is 2.31. The molecule has 1 aliphatic rings. The molecule has 1 saturated heterocycles. The van der Waals surface area contributed by atoms with Crippen LogP contribution in [0, 0.1) is 13.8 Å². The number of rotatable bonds is 8. The van der Waals surface area contributed by atoms with Crippen LogP contribution in [0.2, 0.25) is 0 Å². The third-order valence-electron chi connectivity index (χ3n) is 6.61. The Morgan fingerprint density at radius 2 is 1.80 bits per heavy atom. The summed E-state index contributed by atoms with van der Waals surface area (Å²) in [7, 11) is -1.39. The van der Waals surface area contributed by atoms with E-state index in [9.17, 15) is 22.8 Å². The second-order valence-corrected chi connectivity index (χ2v) is 11.1. The molecule has 1 aliphatic heterocycles. The number of esters is 1. The first-order valence-corrected chi connectivity index (χ1v) is 14.1. The van der Waals surface area contributed by atoms with Crippen LogP contribution in [-0.4, -0.2) is 80.6 Å². The molecular weight excluding hydrogens is 554 g/mol. The van der Waals surface area contributed by atoms with Crippen molar-refractivity contribution in [2.75, 3.05) is 39.2 Å². The van der Waals surface area contributed by atoms with Gasteiger partial charge in [0.15, 0.2) is 5.76 Å². The molecule has 1 atom stereocenters. The van der Waals surface area contributed by atoms with Crippen molar-refractivity contribution in [3.8, 4) is 5.75 Å². The Bertz CT molecular complexity index is 1520. The summed E-state index contributed by atoms with van der Waals surface area (Å²) >= 11 is 0. The number of benzene rings is 2. The Labute approximate surface area is 237 Å². The van der Waals surface area contributed by atoms with Crippen LogP contribution in [0.3, 0.4) is 0 Å². The molecule has 0 radical (unpaired) electrons. The van der Waals surface area contributed by atoms with E-state index in [0.717, 1.165) is 9.87 Å². The summed E-state index contributed by atoms with van der Waals surface area (Å²) in [5.74, 6) is -0.377. The van der Waals surface area contributed by atoms with Crippen LogP contribution in [0.5, 0.6) is 5.75 Å². The van der Waals surface area contributed by atoms with Gasteiger partial charge in [-0.25, -0.2) is 18.0 Å². The number of nitrogens with one attached hydrogen (secondary N) is 2. The van der Waals surface area contributed by atoms with Gasteiger partial charge < -0.3 is 29.5 Å². The lowest BCUT2D eigenvalue weighted by molar-refractivity contribution is -0.126. The summed E-state index contributed by atoms with van der Waals surface area (Å²) in [6, 6.07) is 11.4. The van der Waals surface area contributed by atoms with E-state index in [4.69, 9.17) is 9.26 Å². The molecule has 14 heteroatoms. The number of anilines is 1. The molecule has 218 valence electrons. The van der Waals surface area contributed by atoms with Crippen LogP contribution >= 0.6 is 0 Å². The Hall–Kier alpha value is -4.43. The smallest absolute Gasteiger partial charge is 0.337 e. The topological polar surface area (TPSA) is 160 Å². The summed E-state index contributed by atoms with van der Waals surface area (Å²) in [5, 5.41) is 9.26. The van der Waals surface area contributed by atoms with Crippen molar-refractivity contribution in [2.24, 2.45) is 0 Å². The summed E-state index contributed by atoms with van der Waals surface area (Å²) in [6.45, 7) is 2.78. The van der Waals surface area contributed by atoms with E-state index in [1.54, 1.807) is 36.4 Å². The first-order chi connectivity index (χ1) is 19.5. The average molecular weight is 586 g/mol. The molecule has 1 aromatic heterocycles. The summed E-state index contributed by atoms with van der Waals surface area (Å²) in [6.07, 6.45) is 0. The normalized spacial score (nSPS) is 15.7. The number of aromatic nitrogens is 1. The molecular formula is C27H31N5O8S. The highest BCUT2D eigenvalue weighted by Crippen LogP contribution is 2.27. The monoisotopic (exact) mass is 585 g/mol. The fourth-order valence-corrected chi connectivity index (χ4v) is 6.38. The predicted molar refractivity (Wildman–Crippen MR) is 147 cm³/mol. The molecule has 2 aromatic carbocycles. The van der Waals surface area contributed by atoms with Crippen LogP contribution in [0.25, 0.3) is 0 Å². The number of urea groups is 1. The SMILES string of the molecule is COC(=O)c1ccc(NC(=O)N2CCN(S(=O)(=O)c3c(C)noc3C)C(C(=O)NCc3cccc(OC)c3)C2)cc1. The van der Waals surface area contributed by atoms with Crippen molar-refractivity contribution in [1.82, 2.24) is 19.7 Å². The number of amides is 3. The number of sulfonamides is 1. The Kier molecular flexibility index (Phi) is 8.93. The number of carbonyl (C=O) groups is 3. The lowest BCUT2D eigenvalue weighted by Gasteiger charge is -2.39. The zero-order valence-electron chi connectivity index (χ0n) is 23.0. The maximum Gasteiger partial charge on any atom is 0.337 e. The number of nitrogens with zero attached hydrogens (tertiary/aromatic N) is 3. The van der Waals surface area contributed by atoms with Gasteiger partial charge in [-0.05, 0) is 55.8 Å². The van der Waals surface area contributed by atoms with E-state index in [0.29, 0.717) is 17.0 Å². The van der Waals surface area contributed by atoms with Gasteiger partial charge >= 0.3 is 12.0 Å². The maximum atomic E-state index is 13.7. The van der Waals surface area contributed by atoms with Gasteiger partial charge in [-0.15, -0.1) is 0 Å². The van der Waals surface area contributed by atoms with Crippen molar-refractivity contribution in [3.05, 3.63) is 71.1 Å². The quantitative estimate of drug-likeness (QED) is 0.378. The third-order valence-corrected chi connectivity index (χ3v) is 8.77. The first kappa shape index (κ1) is 29.6. The molecule has 2 N–H and O–H groups in total. The molecule has 0 aliphatic carbocycles. The Balaban J connectivity index is 1.55. The molecule has 41 heavy (non-hydrogen) atoms. The standard InChI is InChI=1S/C27H31N5O8S/c1-17-24(18(2)40-30-17)41(36,37)32-13-12-31(27(35)29-21-10-8-20(9-11-21)26(34)39-4)16-23(32)25(33)28-15-19-6-5-7-22(14-19)38-3/h5-11,14,23H,12-13,15-16H2,1-4H3,(H,28,33)(H,29,35). The molecule has 0 saturated carbocycles. The molecule has 3 aromatic rings. The lowest BCUT2D eigenvalue weighted by Crippen LogP contribution is -2.61. The number of methoxy groups -OCH3 is 2. The number of aryl methyl sites for hydroxylation is 2. The van der Waals surface area contributed by atoms with Gasteiger partial charge in [0.25, 0.3) is 0 Å². The van der Waals surface area contributed by atoms with Crippen LogP contribution in [-0.2, 0) is 26.1 Å². The highest BCUT2D eigenvalue weighted by atomic mass is 32.2. The van der Waals surface area contributed by atoms with E-state index >= 15 is 0 Å². The van der Waals surface area contributed by atoms with Gasteiger partial charge in [0.1, 0.15) is 22.4 Å². The van der Waals surface area contributed by atoms with Crippen LogP contribution in [0.4, 0.5) is 10.5 Å². The van der Waals surface area contributed by atoms with E-state index in [1.807, 2.05) is 0 Å². The fourth-order valence-electron chi connectivity index (χ4n) is 4.51. The van der Waals surface area contributed by atoms with E-state index in [-0.39, 0.29) is 42.5 Å². The molecule has 13 nitrogen and oxygen atoms in total. The average Bonchev–Trinajstić information content (AvgIpc) is 3.33. The van der Waals surface area contributed by atoms with Crippen LogP contribution in [0.1, 0.15) is 27.4 Å². The van der Waals surface area contributed by atoms with Gasteiger partial charge in [-0.2, -0.15) is 4.31 Å². The van der Waals surface area contributed by atoms with Crippen molar-refractivity contribution in [2.45, 2.75) is 31.3 Å². The third kappa shape index (κ3) is 6.49.